The first-order chi connectivity index (χ1) is 4.98. The molecule has 11 heavy (non-hydrogen) atoms. The van der Waals surface area contributed by atoms with Crippen LogP contribution in [0.1, 0.15) is 27.7 Å². The van der Waals surface area contributed by atoms with Crippen molar-refractivity contribution in [2.24, 2.45) is 11.3 Å². The molecule has 2 nitrogen and oxygen atoms in total. The Morgan fingerprint density at radius 2 is 2.00 bits per heavy atom. The molecule has 0 fully saturated rings. The van der Waals surface area contributed by atoms with E-state index in [0.717, 1.165) is 13.1 Å². The third-order valence-electron chi connectivity index (χ3n) is 1.42. The van der Waals surface area contributed by atoms with E-state index in [1.54, 1.807) is 0 Å². The standard InChI is InChI=1S/C9H18N2/c1-8(2)5-11-7-9(3,4)6-10/h8,11H,5,7H2,1-4H3. The minimum Gasteiger partial charge on any atom is -0.315 e. The zero-order valence-corrected chi connectivity index (χ0v) is 7.94. The van der Waals surface area contributed by atoms with Crippen molar-refractivity contribution < 1.29 is 0 Å². The van der Waals surface area contributed by atoms with Gasteiger partial charge in [-0.05, 0) is 26.3 Å². The van der Waals surface area contributed by atoms with Crippen molar-refractivity contribution in [3.63, 3.8) is 0 Å². The summed E-state index contributed by atoms with van der Waals surface area (Å²) in [6.45, 7) is 9.98. The third kappa shape index (κ3) is 5.87. The first-order valence-electron chi connectivity index (χ1n) is 4.10. The monoisotopic (exact) mass is 154 g/mol. The highest BCUT2D eigenvalue weighted by atomic mass is 14.9. The summed E-state index contributed by atoms with van der Waals surface area (Å²) in [6, 6.07) is 2.25. The van der Waals surface area contributed by atoms with Crippen molar-refractivity contribution in [1.29, 1.82) is 5.26 Å². The predicted molar refractivity (Wildman–Crippen MR) is 47.1 cm³/mol. The fourth-order valence-electron chi connectivity index (χ4n) is 0.713. The maximum absolute atomic E-state index is 8.67. The Bertz CT molecular complexity index is 142. The lowest BCUT2D eigenvalue weighted by Gasteiger charge is -2.16. The second kappa shape index (κ2) is 4.35. The second-order valence-corrected chi connectivity index (χ2v) is 4.02. The largest absolute Gasteiger partial charge is 0.315 e. The van der Waals surface area contributed by atoms with E-state index in [1.807, 2.05) is 13.8 Å². The molecule has 0 aromatic heterocycles. The lowest BCUT2D eigenvalue weighted by Crippen LogP contribution is -2.30. The maximum Gasteiger partial charge on any atom is 0.0697 e. The van der Waals surface area contributed by atoms with Gasteiger partial charge in [0.2, 0.25) is 0 Å². The molecule has 0 aromatic rings. The summed E-state index contributed by atoms with van der Waals surface area (Å²) in [4.78, 5) is 0. The number of nitriles is 1. The van der Waals surface area contributed by atoms with Crippen LogP contribution in [0.4, 0.5) is 0 Å². The molecule has 0 bridgehead atoms. The van der Waals surface area contributed by atoms with Crippen LogP contribution in [0.15, 0.2) is 0 Å². The van der Waals surface area contributed by atoms with Gasteiger partial charge in [0.05, 0.1) is 11.5 Å². The van der Waals surface area contributed by atoms with Gasteiger partial charge < -0.3 is 5.32 Å². The van der Waals surface area contributed by atoms with Crippen LogP contribution < -0.4 is 5.32 Å². The van der Waals surface area contributed by atoms with E-state index in [0.29, 0.717) is 5.92 Å². The topological polar surface area (TPSA) is 35.8 Å². The summed E-state index contributed by atoms with van der Waals surface area (Å²) in [6.07, 6.45) is 0. The van der Waals surface area contributed by atoms with Crippen LogP contribution in [0.25, 0.3) is 0 Å². The van der Waals surface area contributed by atoms with Crippen molar-refractivity contribution in [1.82, 2.24) is 5.32 Å². The Morgan fingerprint density at radius 1 is 1.45 bits per heavy atom. The molecule has 0 spiro atoms. The molecule has 0 amide bonds. The molecular weight excluding hydrogens is 136 g/mol. The Balaban J connectivity index is 3.48. The number of rotatable bonds is 4. The molecule has 0 unspecified atom stereocenters. The highest BCUT2D eigenvalue weighted by molar-refractivity contribution is 4.93. The number of hydrogen-bond acceptors (Lipinski definition) is 2. The van der Waals surface area contributed by atoms with Gasteiger partial charge in [-0.1, -0.05) is 13.8 Å². The van der Waals surface area contributed by atoms with Crippen LogP contribution in [-0.4, -0.2) is 13.1 Å². The second-order valence-electron chi connectivity index (χ2n) is 4.02. The van der Waals surface area contributed by atoms with Crippen LogP contribution in [0, 0.1) is 22.7 Å². The molecule has 0 heterocycles. The normalized spacial score (nSPS) is 11.6. The molecule has 0 saturated carbocycles. The third-order valence-corrected chi connectivity index (χ3v) is 1.42. The number of hydrogen-bond donors (Lipinski definition) is 1. The summed E-state index contributed by atoms with van der Waals surface area (Å²) in [5.41, 5.74) is -0.227. The van der Waals surface area contributed by atoms with Gasteiger partial charge >= 0.3 is 0 Å². The Kier molecular flexibility index (Phi) is 4.14. The molecule has 0 aliphatic rings. The van der Waals surface area contributed by atoms with E-state index < -0.39 is 0 Å². The van der Waals surface area contributed by atoms with Crippen LogP contribution >= 0.6 is 0 Å². The van der Waals surface area contributed by atoms with Gasteiger partial charge in [-0.3, -0.25) is 0 Å². The quantitative estimate of drug-likeness (QED) is 0.670. The van der Waals surface area contributed by atoms with Gasteiger partial charge in [-0.15, -0.1) is 0 Å². The van der Waals surface area contributed by atoms with Crippen LogP contribution in [0.3, 0.4) is 0 Å². The van der Waals surface area contributed by atoms with Gasteiger partial charge in [0.25, 0.3) is 0 Å². The van der Waals surface area contributed by atoms with Gasteiger partial charge in [0, 0.05) is 6.54 Å². The smallest absolute Gasteiger partial charge is 0.0697 e. The molecular formula is C9H18N2. The molecule has 64 valence electrons. The lowest BCUT2D eigenvalue weighted by molar-refractivity contribution is 0.424. The molecule has 1 N–H and O–H groups in total. The Hall–Kier alpha value is -0.550. The zero-order valence-electron chi connectivity index (χ0n) is 7.94. The SMILES string of the molecule is CC(C)CNCC(C)(C)C#N. The van der Waals surface area contributed by atoms with Gasteiger partial charge in [-0.2, -0.15) is 5.26 Å². The first-order valence-corrected chi connectivity index (χ1v) is 4.10. The summed E-state index contributed by atoms with van der Waals surface area (Å²) < 4.78 is 0. The van der Waals surface area contributed by atoms with E-state index in [9.17, 15) is 0 Å². The molecule has 0 rings (SSSR count). The van der Waals surface area contributed by atoms with Crippen molar-refractivity contribution in [3.05, 3.63) is 0 Å². The highest BCUT2D eigenvalue weighted by Crippen LogP contribution is 2.10. The zero-order chi connectivity index (χ0) is 8.91. The van der Waals surface area contributed by atoms with Crippen LogP contribution in [0.2, 0.25) is 0 Å². The average molecular weight is 154 g/mol. The minimum atomic E-state index is -0.227. The van der Waals surface area contributed by atoms with Crippen molar-refractivity contribution in [2.45, 2.75) is 27.7 Å². The Morgan fingerprint density at radius 3 is 2.36 bits per heavy atom. The summed E-state index contributed by atoms with van der Waals surface area (Å²) in [5, 5.41) is 11.9. The average Bonchev–Trinajstić information content (AvgIpc) is 1.87. The van der Waals surface area contributed by atoms with Crippen molar-refractivity contribution in [2.75, 3.05) is 13.1 Å². The highest BCUT2D eigenvalue weighted by Gasteiger charge is 2.15. The van der Waals surface area contributed by atoms with Gasteiger partial charge in [-0.25, -0.2) is 0 Å². The van der Waals surface area contributed by atoms with Crippen molar-refractivity contribution in [3.8, 4) is 6.07 Å². The van der Waals surface area contributed by atoms with Crippen LogP contribution in [-0.2, 0) is 0 Å². The minimum absolute atomic E-state index is 0.227. The fourth-order valence-corrected chi connectivity index (χ4v) is 0.713. The van der Waals surface area contributed by atoms with Gasteiger partial charge in [0.15, 0.2) is 0 Å². The van der Waals surface area contributed by atoms with E-state index in [-0.39, 0.29) is 5.41 Å². The number of nitrogens with one attached hydrogen (secondary N) is 1. The summed E-state index contributed by atoms with van der Waals surface area (Å²) >= 11 is 0. The summed E-state index contributed by atoms with van der Waals surface area (Å²) in [5.74, 6) is 0.657. The molecule has 0 aliphatic heterocycles. The first kappa shape index (κ1) is 10.4. The molecule has 0 aliphatic carbocycles. The lowest BCUT2D eigenvalue weighted by atomic mass is 9.96. The molecule has 0 atom stereocenters. The van der Waals surface area contributed by atoms with Gasteiger partial charge in [0.1, 0.15) is 0 Å². The Labute approximate surface area is 69.6 Å². The molecule has 2 heteroatoms. The summed E-state index contributed by atoms with van der Waals surface area (Å²) in [7, 11) is 0. The molecule has 0 saturated heterocycles. The van der Waals surface area contributed by atoms with E-state index in [1.165, 1.54) is 0 Å². The van der Waals surface area contributed by atoms with Crippen molar-refractivity contribution >= 4 is 0 Å². The van der Waals surface area contributed by atoms with Crippen LogP contribution in [0.5, 0.6) is 0 Å². The van der Waals surface area contributed by atoms with E-state index in [4.69, 9.17) is 5.26 Å². The maximum atomic E-state index is 8.67. The van der Waals surface area contributed by atoms with E-state index >= 15 is 0 Å². The molecule has 0 radical (unpaired) electrons. The predicted octanol–water partition coefficient (Wildman–Crippen LogP) is 1.78. The molecule has 0 aromatic carbocycles. The number of nitrogens with zero attached hydrogens (tertiary/aromatic N) is 1. The fraction of sp³-hybridized carbons (Fsp3) is 0.889. The van der Waals surface area contributed by atoms with E-state index in [2.05, 4.69) is 25.2 Å².